The number of carbonyl (C=O) groups is 3. The Kier molecular flexibility index (Phi) is 7.39. The van der Waals surface area contributed by atoms with Crippen LogP contribution in [0, 0.1) is 5.92 Å². The molecule has 152 valence electrons. The first-order chi connectivity index (χ1) is 14.0. The second kappa shape index (κ2) is 9.98. The van der Waals surface area contributed by atoms with Gasteiger partial charge in [0, 0.05) is 33.9 Å². The van der Waals surface area contributed by atoms with Crippen molar-refractivity contribution >= 4 is 40.5 Å². The number of benzene rings is 2. The number of thioether (sulfide) groups is 2. The minimum Gasteiger partial charge on any atom is -0.480 e. The van der Waals surface area contributed by atoms with Crippen LogP contribution in [-0.4, -0.2) is 50.6 Å². The number of hydrogen-bond donors (Lipinski definition) is 1. The van der Waals surface area contributed by atoms with E-state index in [1.165, 1.54) is 4.90 Å². The van der Waals surface area contributed by atoms with Gasteiger partial charge in [-0.25, -0.2) is 4.79 Å². The van der Waals surface area contributed by atoms with Gasteiger partial charge in [-0.05, 0) is 18.6 Å². The van der Waals surface area contributed by atoms with Gasteiger partial charge in [0.25, 0.3) is 0 Å². The molecule has 1 fully saturated rings. The Labute approximate surface area is 178 Å². The van der Waals surface area contributed by atoms with Gasteiger partial charge in [0.05, 0.1) is 0 Å². The van der Waals surface area contributed by atoms with Crippen LogP contribution in [0.4, 0.5) is 0 Å². The van der Waals surface area contributed by atoms with Crippen molar-refractivity contribution in [3.8, 4) is 0 Å². The predicted octanol–water partition coefficient (Wildman–Crippen LogP) is 4.04. The van der Waals surface area contributed by atoms with Crippen molar-refractivity contribution in [1.82, 2.24) is 4.90 Å². The van der Waals surface area contributed by atoms with E-state index in [0.717, 1.165) is 16.7 Å². The lowest BCUT2D eigenvalue weighted by Crippen LogP contribution is -2.43. The molecule has 3 atom stereocenters. The summed E-state index contributed by atoms with van der Waals surface area (Å²) in [7, 11) is 0. The first kappa shape index (κ1) is 21.5. The number of likely N-dealkylation sites (tertiary alicyclic amines) is 1. The molecule has 7 heteroatoms. The lowest BCUT2D eigenvalue weighted by molar-refractivity contribution is -0.149. The van der Waals surface area contributed by atoms with Gasteiger partial charge in [-0.15, -0.1) is 11.8 Å². The fourth-order valence-corrected chi connectivity index (χ4v) is 5.32. The van der Waals surface area contributed by atoms with E-state index in [-0.39, 0.29) is 16.3 Å². The molecule has 1 amide bonds. The van der Waals surface area contributed by atoms with Crippen molar-refractivity contribution in [2.75, 3.05) is 12.3 Å². The maximum atomic E-state index is 12.9. The van der Waals surface area contributed by atoms with Crippen LogP contribution in [0.25, 0.3) is 0 Å². The second-order valence-electron chi connectivity index (χ2n) is 7.00. The lowest BCUT2D eigenvalue weighted by Gasteiger charge is -2.24. The van der Waals surface area contributed by atoms with E-state index < -0.39 is 17.9 Å². The number of hydrogen-bond acceptors (Lipinski definition) is 5. The predicted molar refractivity (Wildman–Crippen MR) is 116 cm³/mol. The van der Waals surface area contributed by atoms with Gasteiger partial charge < -0.3 is 10.0 Å². The van der Waals surface area contributed by atoms with E-state index in [1.807, 2.05) is 36.4 Å². The van der Waals surface area contributed by atoms with Crippen LogP contribution in [0.5, 0.6) is 0 Å². The van der Waals surface area contributed by atoms with Crippen LogP contribution in [0.1, 0.15) is 23.7 Å². The second-order valence-corrected chi connectivity index (χ2v) is 9.37. The summed E-state index contributed by atoms with van der Waals surface area (Å²) in [6, 6.07) is 17.9. The van der Waals surface area contributed by atoms with Crippen molar-refractivity contribution in [3.05, 3.63) is 66.2 Å². The summed E-state index contributed by atoms with van der Waals surface area (Å²) >= 11 is 2.70. The molecule has 1 N–H and O–H groups in total. The molecular weight excluding hydrogens is 406 g/mol. The standard InChI is InChI=1S/C22H23NO4S2/c1-15(14-28-22(27)16-8-4-2-5-9-16)20(24)23-13-18(12-19(23)21(25)26)29-17-10-6-3-7-11-17/h2-11,15,18-19H,12-14H2,1H3,(H,25,26)/t15-,18+,19?/m1/s1. The molecule has 0 aromatic heterocycles. The van der Waals surface area contributed by atoms with E-state index in [9.17, 15) is 19.5 Å². The molecule has 0 saturated carbocycles. The molecule has 1 aliphatic rings. The Morgan fingerprint density at radius 1 is 1.07 bits per heavy atom. The van der Waals surface area contributed by atoms with Crippen LogP contribution in [-0.2, 0) is 9.59 Å². The highest BCUT2D eigenvalue weighted by Crippen LogP contribution is 2.34. The molecule has 1 unspecified atom stereocenters. The molecule has 3 rings (SSSR count). The molecule has 0 bridgehead atoms. The molecule has 0 aliphatic carbocycles. The average molecular weight is 430 g/mol. The van der Waals surface area contributed by atoms with Crippen molar-refractivity contribution in [2.24, 2.45) is 5.92 Å². The summed E-state index contributed by atoms with van der Waals surface area (Å²) in [5.41, 5.74) is 0.598. The number of nitrogens with zero attached hydrogens (tertiary/aromatic N) is 1. The minimum absolute atomic E-state index is 0.0354. The Morgan fingerprint density at radius 2 is 1.69 bits per heavy atom. The number of carbonyl (C=O) groups excluding carboxylic acids is 2. The van der Waals surface area contributed by atoms with Gasteiger partial charge >= 0.3 is 5.97 Å². The highest BCUT2D eigenvalue weighted by Gasteiger charge is 2.41. The number of carboxylic acid groups (broad SMARTS) is 1. The topological polar surface area (TPSA) is 74.7 Å². The summed E-state index contributed by atoms with van der Waals surface area (Å²) < 4.78 is 0. The zero-order valence-corrected chi connectivity index (χ0v) is 17.7. The maximum Gasteiger partial charge on any atom is 0.326 e. The van der Waals surface area contributed by atoms with E-state index in [4.69, 9.17) is 0 Å². The SMILES string of the molecule is C[C@H](CSC(=O)c1ccccc1)C(=O)N1C[C@@H](Sc2ccccc2)CC1C(=O)O. The monoisotopic (exact) mass is 429 g/mol. The average Bonchev–Trinajstić information content (AvgIpc) is 3.16. The molecule has 0 radical (unpaired) electrons. The van der Waals surface area contributed by atoms with E-state index >= 15 is 0 Å². The molecule has 2 aromatic carbocycles. The third kappa shape index (κ3) is 5.64. The largest absolute Gasteiger partial charge is 0.480 e. The Balaban J connectivity index is 1.59. The first-order valence-corrected chi connectivity index (χ1v) is 11.3. The lowest BCUT2D eigenvalue weighted by atomic mass is 10.1. The third-order valence-corrected chi connectivity index (χ3v) is 7.16. The fourth-order valence-electron chi connectivity index (χ4n) is 3.26. The number of rotatable bonds is 7. The normalized spacial score (nSPS) is 19.7. The summed E-state index contributed by atoms with van der Waals surface area (Å²) in [6.07, 6.45) is 0.420. The Hall–Kier alpha value is -2.25. The summed E-state index contributed by atoms with van der Waals surface area (Å²) in [5.74, 6) is -1.29. The summed E-state index contributed by atoms with van der Waals surface area (Å²) in [4.78, 5) is 39.5. The van der Waals surface area contributed by atoms with Crippen molar-refractivity contribution in [3.63, 3.8) is 0 Å². The van der Waals surface area contributed by atoms with Crippen LogP contribution in [0.2, 0.25) is 0 Å². The van der Waals surface area contributed by atoms with E-state index in [2.05, 4.69) is 0 Å². The maximum absolute atomic E-state index is 12.9. The molecule has 5 nitrogen and oxygen atoms in total. The highest BCUT2D eigenvalue weighted by molar-refractivity contribution is 8.14. The number of amides is 1. The molecule has 29 heavy (non-hydrogen) atoms. The smallest absolute Gasteiger partial charge is 0.326 e. The summed E-state index contributed by atoms with van der Waals surface area (Å²) in [5, 5.41) is 9.55. The van der Waals surface area contributed by atoms with Crippen molar-refractivity contribution in [2.45, 2.75) is 29.5 Å². The van der Waals surface area contributed by atoms with Gasteiger partial charge in [-0.2, -0.15) is 0 Å². The zero-order valence-electron chi connectivity index (χ0n) is 16.1. The van der Waals surface area contributed by atoms with Gasteiger partial charge in [0.15, 0.2) is 0 Å². The van der Waals surface area contributed by atoms with Gasteiger partial charge in [0.1, 0.15) is 6.04 Å². The minimum atomic E-state index is -0.977. The van der Waals surface area contributed by atoms with Crippen molar-refractivity contribution < 1.29 is 19.5 Å². The highest BCUT2D eigenvalue weighted by atomic mass is 32.2. The van der Waals surface area contributed by atoms with Gasteiger partial charge in [0.2, 0.25) is 11.0 Å². The third-order valence-electron chi connectivity index (χ3n) is 4.77. The van der Waals surface area contributed by atoms with Crippen molar-refractivity contribution in [1.29, 1.82) is 0 Å². The Bertz CT molecular complexity index is 860. The number of aliphatic carboxylic acids is 1. The molecule has 1 heterocycles. The summed E-state index contributed by atoms with van der Waals surface area (Å²) in [6.45, 7) is 2.15. The molecule has 2 aromatic rings. The van der Waals surface area contributed by atoms with Crippen LogP contribution >= 0.6 is 23.5 Å². The number of carboxylic acids is 1. The van der Waals surface area contributed by atoms with Gasteiger partial charge in [-0.1, -0.05) is 67.2 Å². The van der Waals surface area contributed by atoms with Gasteiger partial charge in [-0.3, -0.25) is 9.59 Å². The first-order valence-electron chi connectivity index (χ1n) is 9.43. The Morgan fingerprint density at radius 3 is 2.31 bits per heavy atom. The van der Waals surface area contributed by atoms with Crippen LogP contribution in [0.3, 0.4) is 0 Å². The van der Waals surface area contributed by atoms with Crippen LogP contribution < -0.4 is 0 Å². The molecular formula is C22H23NO4S2. The van der Waals surface area contributed by atoms with E-state index in [0.29, 0.717) is 24.3 Å². The molecule has 0 spiro atoms. The molecule has 1 saturated heterocycles. The van der Waals surface area contributed by atoms with Crippen LogP contribution in [0.15, 0.2) is 65.6 Å². The quantitative estimate of drug-likeness (QED) is 0.716. The molecule has 1 aliphatic heterocycles. The fraction of sp³-hybridized carbons (Fsp3) is 0.318. The van der Waals surface area contributed by atoms with E-state index in [1.54, 1.807) is 43.0 Å². The zero-order chi connectivity index (χ0) is 20.8.